The molecule has 2 N–H and O–H groups in total. The molecule has 1 amide bonds. The van der Waals surface area contributed by atoms with Gasteiger partial charge < -0.3 is 4.98 Å². The number of hydrogen-bond donors (Lipinski definition) is 2. The lowest BCUT2D eigenvalue weighted by atomic mass is 9.88. The fourth-order valence-corrected chi connectivity index (χ4v) is 2.65. The van der Waals surface area contributed by atoms with E-state index in [2.05, 4.69) is 15.3 Å². The van der Waals surface area contributed by atoms with E-state index in [1.54, 1.807) is 0 Å². The van der Waals surface area contributed by atoms with E-state index in [-0.39, 0.29) is 11.3 Å². The molecule has 4 nitrogen and oxygen atoms in total. The van der Waals surface area contributed by atoms with E-state index in [1.807, 2.05) is 31.2 Å². The number of benzene rings is 1. The van der Waals surface area contributed by atoms with Gasteiger partial charge in [0.1, 0.15) is 0 Å². The molecule has 1 saturated carbocycles. The zero-order chi connectivity index (χ0) is 12.6. The Morgan fingerprint density at radius 2 is 2.06 bits per heavy atom. The highest BCUT2D eigenvalue weighted by Gasteiger charge is 2.36. The SMILES string of the molecule is CC1(C(=O)Nc2nc3ccccc3[nH]2)CCCC1. The van der Waals surface area contributed by atoms with Crippen LogP contribution in [-0.2, 0) is 4.79 Å². The first kappa shape index (κ1) is 11.3. The van der Waals surface area contributed by atoms with E-state index in [1.165, 1.54) is 0 Å². The van der Waals surface area contributed by atoms with Gasteiger partial charge in [-0.1, -0.05) is 31.9 Å². The third-order valence-electron chi connectivity index (χ3n) is 3.88. The molecule has 3 rings (SSSR count). The third kappa shape index (κ3) is 1.88. The molecule has 1 heterocycles. The first-order chi connectivity index (χ1) is 8.67. The molecule has 0 atom stereocenters. The molecule has 4 heteroatoms. The molecular formula is C14H17N3O. The molecular weight excluding hydrogens is 226 g/mol. The Morgan fingerprint density at radius 1 is 1.33 bits per heavy atom. The zero-order valence-corrected chi connectivity index (χ0v) is 10.5. The largest absolute Gasteiger partial charge is 0.324 e. The van der Waals surface area contributed by atoms with Crippen molar-refractivity contribution in [1.29, 1.82) is 0 Å². The first-order valence-electron chi connectivity index (χ1n) is 6.44. The molecule has 1 aromatic carbocycles. The average Bonchev–Trinajstić information content (AvgIpc) is 2.95. The number of H-pyrrole nitrogens is 1. The predicted molar refractivity (Wildman–Crippen MR) is 71.3 cm³/mol. The maximum Gasteiger partial charge on any atom is 0.232 e. The number of carbonyl (C=O) groups is 1. The number of rotatable bonds is 2. The summed E-state index contributed by atoms with van der Waals surface area (Å²) in [7, 11) is 0. The Balaban J connectivity index is 1.81. The second-order valence-corrected chi connectivity index (χ2v) is 5.32. The fourth-order valence-electron chi connectivity index (χ4n) is 2.65. The Hall–Kier alpha value is -1.84. The van der Waals surface area contributed by atoms with Crippen LogP contribution < -0.4 is 5.32 Å². The number of hydrogen-bond acceptors (Lipinski definition) is 2. The Labute approximate surface area is 106 Å². The minimum Gasteiger partial charge on any atom is -0.324 e. The van der Waals surface area contributed by atoms with Gasteiger partial charge in [-0.2, -0.15) is 0 Å². The Kier molecular flexibility index (Phi) is 2.58. The lowest BCUT2D eigenvalue weighted by Crippen LogP contribution is -2.31. The number of aromatic amines is 1. The molecule has 0 saturated heterocycles. The molecule has 1 aliphatic rings. The molecule has 1 fully saturated rings. The number of fused-ring (bicyclic) bond motifs is 1. The van der Waals surface area contributed by atoms with Crippen LogP contribution in [0, 0.1) is 5.41 Å². The molecule has 18 heavy (non-hydrogen) atoms. The van der Waals surface area contributed by atoms with E-state index in [4.69, 9.17) is 0 Å². The smallest absolute Gasteiger partial charge is 0.232 e. The number of nitrogens with one attached hydrogen (secondary N) is 2. The Morgan fingerprint density at radius 3 is 2.78 bits per heavy atom. The van der Waals surface area contributed by atoms with Crippen molar-refractivity contribution in [3.63, 3.8) is 0 Å². The number of aromatic nitrogens is 2. The summed E-state index contributed by atoms with van der Waals surface area (Å²) < 4.78 is 0. The highest BCUT2D eigenvalue weighted by atomic mass is 16.2. The number of imidazole rings is 1. The van der Waals surface area contributed by atoms with Crippen molar-refractivity contribution in [1.82, 2.24) is 9.97 Å². The van der Waals surface area contributed by atoms with Gasteiger partial charge in [-0.3, -0.25) is 10.1 Å². The minimum atomic E-state index is -0.223. The van der Waals surface area contributed by atoms with Crippen molar-refractivity contribution in [3.8, 4) is 0 Å². The summed E-state index contributed by atoms with van der Waals surface area (Å²) in [6, 6.07) is 7.77. The maximum atomic E-state index is 12.2. The number of anilines is 1. The summed E-state index contributed by atoms with van der Waals surface area (Å²) in [5, 5.41) is 2.91. The van der Waals surface area contributed by atoms with Crippen molar-refractivity contribution in [2.24, 2.45) is 5.41 Å². The molecule has 1 aromatic heterocycles. The van der Waals surface area contributed by atoms with Gasteiger partial charge in [0.15, 0.2) is 0 Å². The van der Waals surface area contributed by atoms with Crippen LogP contribution >= 0.6 is 0 Å². The van der Waals surface area contributed by atoms with Gasteiger partial charge in [-0.15, -0.1) is 0 Å². The van der Waals surface area contributed by atoms with Crippen molar-refractivity contribution in [3.05, 3.63) is 24.3 Å². The summed E-state index contributed by atoms with van der Waals surface area (Å²) in [6.45, 7) is 2.04. The summed E-state index contributed by atoms with van der Waals surface area (Å²) in [5.74, 6) is 0.633. The lowest BCUT2D eigenvalue weighted by molar-refractivity contribution is -0.124. The monoisotopic (exact) mass is 243 g/mol. The minimum absolute atomic E-state index is 0.0825. The molecule has 2 aromatic rings. The van der Waals surface area contributed by atoms with Crippen molar-refractivity contribution >= 4 is 22.9 Å². The molecule has 0 radical (unpaired) electrons. The molecule has 0 bridgehead atoms. The van der Waals surface area contributed by atoms with Crippen LogP contribution in [0.1, 0.15) is 32.6 Å². The maximum absolute atomic E-state index is 12.2. The summed E-state index contributed by atoms with van der Waals surface area (Å²) in [6.07, 6.45) is 4.23. The summed E-state index contributed by atoms with van der Waals surface area (Å²) in [5.41, 5.74) is 1.60. The highest BCUT2D eigenvalue weighted by molar-refractivity contribution is 5.95. The van der Waals surface area contributed by atoms with E-state index < -0.39 is 0 Å². The number of carbonyl (C=O) groups excluding carboxylic acids is 1. The van der Waals surface area contributed by atoms with E-state index in [0.717, 1.165) is 36.7 Å². The van der Waals surface area contributed by atoms with Gasteiger partial charge in [-0.25, -0.2) is 4.98 Å². The van der Waals surface area contributed by atoms with Gasteiger partial charge in [0, 0.05) is 5.41 Å². The number of amides is 1. The predicted octanol–water partition coefficient (Wildman–Crippen LogP) is 3.08. The Bertz CT molecular complexity index is 548. The molecule has 94 valence electrons. The van der Waals surface area contributed by atoms with Crippen molar-refractivity contribution in [2.45, 2.75) is 32.6 Å². The van der Waals surface area contributed by atoms with Crippen molar-refractivity contribution < 1.29 is 4.79 Å². The molecule has 0 spiro atoms. The summed E-state index contributed by atoms with van der Waals surface area (Å²) in [4.78, 5) is 19.7. The van der Waals surface area contributed by atoms with E-state index in [0.29, 0.717) is 5.95 Å². The molecule has 0 aliphatic heterocycles. The second-order valence-electron chi connectivity index (χ2n) is 5.32. The fraction of sp³-hybridized carbons (Fsp3) is 0.429. The standard InChI is InChI=1S/C14H17N3O/c1-14(8-4-5-9-14)12(18)17-13-15-10-6-2-3-7-11(10)16-13/h2-3,6-7H,4-5,8-9H2,1H3,(H2,15,16,17,18). The van der Waals surface area contributed by atoms with Gasteiger partial charge >= 0.3 is 0 Å². The van der Waals surface area contributed by atoms with E-state index >= 15 is 0 Å². The average molecular weight is 243 g/mol. The normalized spacial score (nSPS) is 18.1. The first-order valence-corrected chi connectivity index (χ1v) is 6.44. The van der Waals surface area contributed by atoms with Crippen molar-refractivity contribution in [2.75, 3.05) is 5.32 Å². The van der Waals surface area contributed by atoms with Gasteiger partial charge in [0.25, 0.3) is 0 Å². The second kappa shape index (κ2) is 4.12. The van der Waals surface area contributed by atoms with Crippen LogP contribution in [0.2, 0.25) is 0 Å². The quantitative estimate of drug-likeness (QED) is 0.851. The van der Waals surface area contributed by atoms with Crippen LogP contribution in [0.15, 0.2) is 24.3 Å². The van der Waals surface area contributed by atoms with Crippen LogP contribution in [0.25, 0.3) is 11.0 Å². The zero-order valence-electron chi connectivity index (χ0n) is 10.5. The molecule has 1 aliphatic carbocycles. The highest BCUT2D eigenvalue weighted by Crippen LogP contribution is 2.38. The van der Waals surface area contributed by atoms with Crippen LogP contribution in [0.4, 0.5) is 5.95 Å². The third-order valence-corrected chi connectivity index (χ3v) is 3.88. The van der Waals surface area contributed by atoms with Gasteiger partial charge in [0.05, 0.1) is 11.0 Å². The van der Waals surface area contributed by atoms with Crippen LogP contribution in [-0.4, -0.2) is 15.9 Å². The number of para-hydroxylation sites is 2. The molecule has 0 unspecified atom stereocenters. The van der Waals surface area contributed by atoms with Crippen LogP contribution in [0.3, 0.4) is 0 Å². The number of nitrogens with zero attached hydrogens (tertiary/aromatic N) is 1. The topological polar surface area (TPSA) is 57.8 Å². The van der Waals surface area contributed by atoms with Gasteiger partial charge in [0.2, 0.25) is 11.9 Å². The summed E-state index contributed by atoms with van der Waals surface area (Å²) >= 11 is 0. The van der Waals surface area contributed by atoms with E-state index in [9.17, 15) is 4.79 Å². The lowest BCUT2D eigenvalue weighted by Gasteiger charge is -2.21. The van der Waals surface area contributed by atoms with Crippen LogP contribution in [0.5, 0.6) is 0 Å². The van der Waals surface area contributed by atoms with Gasteiger partial charge in [-0.05, 0) is 25.0 Å².